The van der Waals surface area contributed by atoms with E-state index in [2.05, 4.69) is 10.3 Å². The van der Waals surface area contributed by atoms with Crippen LogP contribution in [0.5, 0.6) is 0 Å². The van der Waals surface area contributed by atoms with E-state index in [1.54, 1.807) is 12.1 Å². The van der Waals surface area contributed by atoms with E-state index in [4.69, 9.17) is 26.0 Å². The second kappa shape index (κ2) is 10.7. The number of nitrogens with zero attached hydrogens (tertiary/aromatic N) is 2. The molecule has 0 aromatic heterocycles. The van der Waals surface area contributed by atoms with E-state index < -0.39 is 5.97 Å². The van der Waals surface area contributed by atoms with Crippen LogP contribution >= 0.6 is 23.4 Å². The van der Waals surface area contributed by atoms with Crippen LogP contribution in [0.2, 0.25) is 5.02 Å². The number of carbonyl (C=O) groups is 1. The van der Waals surface area contributed by atoms with Crippen LogP contribution in [0.3, 0.4) is 0 Å². The van der Waals surface area contributed by atoms with Crippen molar-refractivity contribution in [3.63, 3.8) is 0 Å². The third-order valence-corrected chi connectivity index (χ3v) is 4.78. The summed E-state index contributed by atoms with van der Waals surface area (Å²) in [7, 11) is 2.66. The van der Waals surface area contributed by atoms with Crippen molar-refractivity contribution < 1.29 is 19.2 Å². The molecule has 6 nitrogen and oxygen atoms in total. The van der Waals surface area contributed by atoms with E-state index >= 15 is 0 Å². The highest BCUT2D eigenvalue weighted by Gasteiger charge is 2.20. The van der Waals surface area contributed by atoms with Gasteiger partial charge in [-0.15, -0.1) is 11.8 Å². The maximum absolute atomic E-state index is 12.1. The maximum Gasteiger partial charge on any atom is 0.360 e. The fourth-order valence-corrected chi connectivity index (χ4v) is 3.17. The fraction of sp³-hybridized carbons (Fsp3) is 0.250. The lowest BCUT2D eigenvalue weighted by Gasteiger charge is -2.12. The van der Waals surface area contributed by atoms with Crippen LogP contribution in [0.1, 0.15) is 22.3 Å². The minimum absolute atomic E-state index is 0.0659. The summed E-state index contributed by atoms with van der Waals surface area (Å²) in [5.41, 5.74) is 3.18. The third-order valence-electron chi connectivity index (χ3n) is 3.85. The van der Waals surface area contributed by atoms with Crippen molar-refractivity contribution in [2.24, 2.45) is 10.3 Å². The van der Waals surface area contributed by atoms with Gasteiger partial charge in [0.25, 0.3) is 0 Å². The van der Waals surface area contributed by atoms with Crippen molar-refractivity contribution in [1.29, 1.82) is 0 Å². The fourth-order valence-electron chi connectivity index (χ4n) is 2.48. The van der Waals surface area contributed by atoms with Crippen molar-refractivity contribution in [1.82, 2.24) is 0 Å². The van der Waals surface area contributed by atoms with Gasteiger partial charge in [-0.2, -0.15) is 0 Å². The maximum atomic E-state index is 12.1. The Hall–Kier alpha value is -2.51. The molecule has 148 valence electrons. The first-order valence-electron chi connectivity index (χ1n) is 8.30. The number of ether oxygens (including phenoxy) is 1. The largest absolute Gasteiger partial charge is 0.464 e. The number of halogens is 1. The molecular weight excluding hydrogens is 400 g/mol. The lowest BCUT2D eigenvalue weighted by molar-refractivity contribution is -0.132. The predicted molar refractivity (Wildman–Crippen MR) is 113 cm³/mol. The minimum Gasteiger partial charge on any atom is -0.464 e. The molecule has 8 heteroatoms. The van der Waals surface area contributed by atoms with Gasteiger partial charge in [0.05, 0.1) is 7.11 Å². The van der Waals surface area contributed by atoms with Gasteiger partial charge in [0.2, 0.25) is 0 Å². The second-order valence-electron chi connectivity index (χ2n) is 5.60. The summed E-state index contributed by atoms with van der Waals surface area (Å²) >= 11 is 7.50. The molecule has 0 aliphatic carbocycles. The van der Waals surface area contributed by atoms with Crippen molar-refractivity contribution in [2.75, 3.05) is 20.5 Å². The monoisotopic (exact) mass is 420 g/mol. The van der Waals surface area contributed by atoms with Crippen LogP contribution in [0.25, 0.3) is 0 Å². The minimum atomic E-state index is -0.596. The summed E-state index contributed by atoms with van der Waals surface area (Å²) in [6.45, 7) is 2.06. The summed E-state index contributed by atoms with van der Waals surface area (Å²) in [5, 5.41) is 9.37. The Morgan fingerprint density at radius 3 is 2.54 bits per heavy atom. The summed E-state index contributed by atoms with van der Waals surface area (Å²) in [6.07, 6.45) is 1.91. The van der Waals surface area contributed by atoms with Gasteiger partial charge < -0.3 is 14.4 Å². The summed E-state index contributed by atoms with van der Waals surface area (Å²) in [4.78, 5) is 22.5. The Balaban J connectivity index is 2.31. The Kier molecular flexibility index (Phi) is 8.35. The molecule has 2 aromatic rings. The molecular formula is C20H21ClN2O4S. The molecule has 0 spiro atoms. The van der Waals surface area contributed by atoms with Crippen LogP contribution in [0.4, 0.5) is 0 Å². The number of benzene rings is 2. The number of oxime groups is 2. The molecule has 0 atom stereocenters. The van der Waals surface area contributed by atoms with Gasteiger partial charge in [0.15, 0.2) is 5.71 Å². The topological polar surface area (TPSA) is 69.5 Å². The van der Waals surface area contributed by atoms with Crippen molar-refractivity contribution in [3.8, 4) is 0 Å². The molecule has 0 bridgehead atoms. The van der Waals surface area contributed by atoms with Gasteiger partial charge in [-0.05, 0) is 30.9 Å². The van der Waals surface area contributed by atoms with Gasteiger partial charge in [-0.25, -0.2) is 4.79 Å². The zero-order chi connectivity index (χ0) is 20.5. The molecule has 0 saturated carbocycles. The Labute approximate surface area is 173 Å². The van der Waals surface area contributed by atoms with E-state index in [1.165, 1.54) is 26.0 Å². The number of rotatable bonds is 7. The third kappa shape index (κ3) is 5.50. The van der Waals surface area contributed by atoms with E-state index in [9.17, 15) is 4.79 Å². The molecule has 2 rings (SSSR count). The van der Waals surface area contributed by atoms with Crippen LogP contribution in [-0.2, 0) is 25.8 Å². The first-order valence-corrected chi connectivity index (χ1v) is 9.90. The summed E-state index contributed by atoms with van der Waals surface area (Å²) in [6, 6.07) is 12.9. The van der Waals surface area contributed by atoms with E-state index in [-0.39, 0.29) is 12.3 Å². The first kappa shape index (κ1) is 21.8. The van der Waals surface area contributed by atoms with E-state index in [0.717, 1.165) is 16.7 Å². The first-order chi connectivity index (χ1) is 13.5. The smallest absolute Gasteiger partial charge is 0.360 e. The highest BCUT2D eigenvalue weighted by Crippen LogP contribution is 2.20. The lowest BCUT2D eigenvalue weighted by Crippen LogP contribution is -2.20. The van der Waals surface area contributed by atoms with Gasteiger partial charge in [-0.1, -0.05) is 52.2 Å². The van der Waals surface area contributed by atoms with Gasteiger partial charge in [-0.3, -0.25) is 0 Å². The molecule has 0 radical (unpaired) electrons. The van der Waals surface area contributed by atoms with E-state index in [0.29, 0.717) is 15.6 Å². The van der Waals surface area contributed by atoms with Crippen LogP contribution in [-0.4, -0.2) is 37.2 Å². The molecule has 0 fully saturated rings. The Bertz CT molecular complexity index is 900. The van der Waals surface area contributed by atoms with Crippen LogP contribution < -0.4 is 0 Å². The SMILES string of the molecule is CO/N=C(/C(=O)OC)c1cccc(C)c1CO/N=C(\SC)c1cccc(Cl)c1. The Morgan fingerprint density at radius 1 is 1.14 bits per heavy atom. The zero-order valence-electron chi connectivity index (χ0n) is 16.1. The molecule has 0 amide bonds. The number of thioether (sulfide) groups is 1. The Morgan fingerprint density at radius 2 is 1.89 bits per heavy atom. The number of carbonyl (C=O) groups excluding carboxylic acids is 1. The number of hydrogen-bond donors (Lipinski definition) is 0. The quantitative estimate of drug-likeness (QED) is 0.287. The van der Waals surface area contributed by atoms with Gasteiger partial charge >= 0.3 is 5.97 Å². The molecule has 0 aliphatic heterocycles. The normalized spacial score (nSPS) is 11.9. The molecule has 0 saturated heterocycles. The predicted octanol–water partition coefficient (Wildman–Crippen LogP) is 4.41. The molecule has 0 heterocycles. The average molecular weight is 421 g/mol. The van der Waals surface area contributed by atoms with Crippen LogP contribution in [0, 0.1) is 6.92 Å². The van der Waals surface area contributed by atoms with Crippen molar-refractivity contribution >= 4 is 40.1 Å². The molecule has 0 aliphatic rings. The second-order valence-corrected chi connectivity index (χ2v) is 6.83. The highest BCUT2D eigenvalue weighted by atomic mass is 35.5. The summed E-state index contributed by atoms with van der Waals surface area (Å²) in [5.74, 6) is -0.596. The molecule has 2 aromatic carbocycles. The van der Waals surface area contributed by atoms with Gasteiger partial charge in [0.1, 0.15) is 18.8 Å². The number of methoxy groups -OCH3 is 1. The summed E-state index contributed by atoms with van der Waals surface area (Å²) < 4.78 is 4.81. The van der Waals surface area contributed by atoms with Crippen molar-refractivity contribution in [2.45, 2.75) is 13.5 Å². The lowest BCUT2D eigenvalue weighted by atomic mass is 9.99. The number of esters is 1. The number of hydrogen-bond acceptors (Lipinski definition) is 7. The number of aryl methyl sites for hydroxylation is 1. The molecule has 28 heavy (non-hydrogen) atoms. The van der Waals surface area contributed by atoms with Gasteiger partial charge in [0, 0.05) is 21.7 Å². The zero-order valence-corrected chi connectivity index (χ0v) is 17.6. The standard InChI is InChI=1S/C20H21ClN2O4S/c1-13-7-5-10-16(18(22-26-3)20(24)25-2)17(13)12-27-23-19(28-4)14-8-6-9-15(21)11-14/h5-11H,12H2,1-4H3/b22-18+,23-19-. The van der Waals surface area contributed by atoms with E-state index in [1.807, 2.05) is 43.5 Å². The average Bonchev–Trinajstić information content (AvgIpc) is 2.70. The molecule has 0 N–H and O–H groups in total. The highest BCUT2D eigenvalue weighted by molar-refractivity contribution is 8.13. The molecule has 0 unspecified atom stereocenters. The van der Waals surface area contributed by atoms with Crippen molar-refractivity contribution in [3.05, 3.63) is 69.7 Å². The van der Waals surface area contributed by atoms with Crippen LogP contribution in [0.15, 0.2) is 52.8 Å².